The highest BCUT2D eigenvalue weighted by atomic mass is 32.2. The monoisotopic (exact) mass is 280 g/mol. The highest BCUT2D eigenvalue weighted by Gasteiger charge is 2.22. The third kappa shape index (κ3) is 3.54. The van der Waals surface area contributed by atoms with Gasteiger partial charge in [0.15, 0.2) is 5.78 Å². The van der Waals surface area contributed by atoms with Gasteiger partial charge >= 0.3 is 0 Å². The average molecular weight is 280 g/mol. The molecule has 1 aliphatic rings. The number of carbonyl (C=O) groups excluding carboxylic acids is 1. The van der Waals surface area contributed by atoms with E-state index >= 15 is 0 Å². The number of benzene rings is 1. The van der Waals surface area contributed by atoms with E-state index in [0.717, 1.165) is 17.9 Å². The van der Waals surface area contributed by atoms with E-state index < -0.39 is 4.92 Å². The van der Waals surface area contributed by atoms with Crippen LogP contribution in [0.5, 0.6) is 0 Å². The summed E-state index contributed by atoms with van der Waals surface area (Å²) in [7, 11) is 1.94. The molecule has 1 aliphatic heterocycles. The maximum atomic E-state index is 12.1. The molecule has 102 valence electrons. The van der Waals surface area contributed by atoms with Gasteiger partial charge in [-0.2, -0.15) is 11.8 Å². The van der Waals surface area contributed by atoms with Crippen molar-refractivity contribution in [3.63, 3.8) is 0 Å². The van der Waals surface area contributed by atoms with Gasteiger partial charge < -0.3 is 0 Å². The Morgan fingerprint density at radius 1 is 1.58 bits per heavy atom. The molecule has 1 atom stereocenters. The van der Waals surface area contributed by atoms with Crippen LogP contribution in [0.4, 0.5) is 5.69 Å². The van der Waals surface area contributed by atoms with Gasteiger partial charge in [0.05, 0.1) is 11.5 Å². The minimum atomic E-state index is -0.478. The molecule has 0 radical (unpaired) electrons. The van der Waals surface area contributed by atoms with Crippen LogP contribution >= 0.6 is 11.8 Å². The van der Waals surface area contributed by atoms with Crippen LogP contribution in [0.2, 0.25) is 0 Å². The number of hydrogen-bond acceptors (Lipinski definition) is 5. The predicted octanol–water partition coefficient (Wildman–Crippen LogP) is 2.21. The minimum Gasteiger partial charge on any atom is -0.295 e. The number of non-ortho nitro benzene ring substituents is 1. The summed E-state index contributed by atoms with van der Waals surface area (Å²) in [5, 5.41) is 10.7. The lowest BCUT2D eigenvalue weighted by Crippen LogP contribution is -2.35. The second-order valence-electron chi connectivity index (χ2n) is 4.66. The van der Waals surface area contributed by atoms with Gasteiger partial charge in [-0.25, -0.2) is 0 Å². The molecular weight excluding hydrogens is 264 g/mol. The number of likely N-dealkylation sites (N-methyl/N-ethyl adjacent to an activating group) is 1. The molecule has 5 nitrogen and oxygen atoms in total. The molecule has 0 amide bonds. The van der Waals surface area contributed by atoms with Gasteiger partial charge in [0.25, 0.3) is 5.69 Å². The molecule has 0 aromatic heterocycles. The molecule has 19 heavy (non-hydrogen) atoms. The first-order valence-electron chi connectivity index (χ1n) is 6.13. The van der Waals surface area contributed by atoms with E-state index in [1.54, 1.807) is 12.1 Å². The highest BCUT2D eigenvalue weighted by Crippen LogP contribution is 2.21. The van der Waals surface area contributed by atoms with Crippen LogP contribution < -0.4 is 0 Å². The number of hydrogen-bond donors (Lipinski definition) is 0. The molecule has 1 unspecified atom stereocenters. The van der Waals surface area contributed by atoms with Crippen molar-refractivity contribution in [2.24, 2.45) is 0 Å². The fourth-order valence-electron chi connectivity index (χ4n) is 2.11. The van der Waals surface area contributed by atoms with Crippen LogP contribution in [0.3, 0.4) is 0 Å². The zero-order chi connectivity index (χ0) is 13.8. The van der Waals surface area contributed by atoms with Crippen molar-refractivity contribution >= 4 is 23.2 Å². The molecule has 1 aromatic rings. The molecule has 0 saturated carbocycles. The first-order valence-corrected chi connectivity index (χ1v) is 7.29. The van der Waals surface area contributed by atoms with Gasteiger partial charge in [-0.1, -0.05) is 12.1 Å². The minimum absolute atomic E-state index is 0.0371. The topological polar surface area (TPSA) is 63.5 Å². The molecule has 1 saturated heterocycles. The molecule has 1 fully saturated rings. The molecule has 0 bridgehead atoms. The Hall–Kier alpha value is -1.40. The van der Waals surface area contributed by atoms with Crippen LogP contribution in [0, 0.1) is 10.1 Å². The highest BCUT2D eigenvalue weighted by molar-refractivity contribution is 7.99. The third-order valence-corrected chi connectivity index (χ3v) is 4.45. The lowest BCUT2D eigenvalue weighted by Gasteiger charge is -2.22. The summed E-state index contributed by atoms with van der Waals surface area (Å²) in [6.07, 6.45) is 1.10. The van der Waals surface area contributed by atoms with Crippen LogP contribution in [0.15, 0.2) is 24.3 Å². The van der Waals surface area contributed by atoms with E-state index in [1.807, 2.05) is 23.7 Å². The zero-order valence-corrected chi connectivity index (χ0v) is 11.6. The second kappa shape index (κ2) is 6.16. The lowest BCUT2D eigenvalue weighted by atomic mass is 10.1. The lowest BCUT2D eigenvalue weighted by molar-refractivity contribution is -0.384. The Morgan fingerprint density at radius 3 is 3.00 bits per heavy atom. The summed E-state index contributed by atoms with van der Waals surface area (Å²) >= 11 is 1.90. The van der Waals surface area contributed by atoms with Crippen molar-refractivity contribution in [2.45, 2.75) is 12.5 Å². The largest absolute Gasteiger partial charge is 0.295 e. The Morgan fingerprint density at radius 2 is 2.37 bits per heavy atom. The van der Waals surface area contributed by atoms with E-state index in [2.05, 4.69) is 0 Å². The van der Waals surface area contributed by atoms with E-state index in [0.29, 0.717) is 18.2 Å². The van der Waals surface area contributed by atoms with Gasteiger partial charge in [-0.15, -0.1) is 0 Å². The van der Waals surface area contributed by atoms with Crippen molar-refractivity contribution in [1.82, 2.24) is 4.90 Å². The summed E-state index contributed by atoms with van der Waals surface area (Å²) in [4.78, 5) is 24.4. The Kier molecular flexibility index (Phi) is 4.55. The normalized spacial score (nSPS) is 18.7. The fourth-order valence-corrected chi connectivity index (χ4v) is 3.41. The molecule has 0 spiro atoms. The Labute approximate surface area is 116 Å². The number of rotatable bonds is 5. The first kappa shape index (κ1) is 14.0. The first-order chi connectivity index (χ1) is 9.08. The van der Waals surface area contributed by atoms with Gasteiger partial charge in [-0.05, 0) is 19.2 Å². The molecule has 0 N–H and O–H groups in total. The van der Waals surface area contributed by atoms with Gasteiger partial charge in [0.2, 0.25) is 0 Å². The predicted molar refractivity (Wildman–Crippen MR) is 75.8 cm³/mol. The van der Waals surface area contributed by atoms with E-state index in [4.69, 9.17) is 0 Å². The number of nitro benzene ring substituents is 1. The Bertz CT molecular complexity index is 487. The maximum Gasteiger partial charge on any atom is 0.270 e. The van der Waals surface area contributed by atoms with E-state index in [-0.39, 0.29) is 11.5 Å². The van der Waals surface area contributed by atoms with Crippen molar-refractivity contribution < 1.29 is 9.72 Å². The maximum absolute atomic E-state index is 12.1. The molecule has 1 aromatic carbocycles. The standard InChI is InChI=1S/C13H16N2O3S/c1-14(12-5-6-19-9-12)8-13(16)10-3-2-4-11(7-10)15(17)18/h2-4,7,12H,5-6,8-9H2,1H3. The Balaban J connectivity index is 2.02. The van der Waals surface area contributed by atoms with Crippen molar-refractivity contribution in [1.29, 1.82) is 0 Å². The number of ketones is 1. The van der Waals surface area contributed by atoms with Crippen molar-refractivity contribution in [3.05, 3.63) is 39.9 Å². The molecule has 6 heteroatoms. The summed E-state index contributed by atoms with van der Waals surface area (Å²) < 4.78 is 0. The molecule has 0 aliphatic carbocycles. The third-order valence-electron chi connectivity index (χ3n) is 3.30. The van der Waals surface area contributed by atoms with E-state index in [1.165, 1.54) is 12.1 Å². The summed E-state index contributed by atoms with van der Waals surface area (Å²) in [6.45, 7) is 0.312. The van der Waals surface area contributed by atoms with Crippen LogP contribution in [0.1, 0.15) is 16.8 Å². The number of nitrogens with zero attached hydrogens (tertiary/aromatic N) is 2. The van der Waals surface area contributed by atoms with E-state index in [9.17, 15) is 14.9 Å². The second-order valence-corrected chi connectivity index (χ2v) is 5.81. The summed E-state index contributed by atoms with van der Waals surface area (Å²) in [5.41, 5.74) is 0.372. The fraction of sp³-hybridized carbons (Fsp3) is 0.462. The zero-order valence-electron chi connectivity index (χ0n) is 10.7. The molecular formula is C13H16N2O3S. The number of carbonyl (C=O) groups is 1. The number of thioether (sulfide) groups is 1. The molecule has 1 heterocycles. The summed E-state index contributed by atoms with van der Waals surface area (Å²) in [6, 6.07) is 6.37. The quantitative estimate of drug-likeness (QED) is 0.470. The smallest absolute Gasteiger partial charge is 0.270 e. The van der Waals surface area contributed by atoms with Crippen LogP contribution in [-0.2, 0) is 0 Å². The van der Waals surface area contributed by atoms with Crippen molar-refractivity contribution in [2.75, 3.05) is 25.1 Å². The summed E-state index contributed by atoms with van der Waals surface area (Å²) in [5.74, 6) is 2.13. The molecule has 2 rings (SSSR count). The van der Waals surface area contributed by atoms with Gasteiger partial charge in [0.1, 0.15) is 0 Å². The average Bonchev–Trinajstić information content (AvgIpc) is 2.92. The number of Topliss-reactive ketones (excluding diaryl/α,β-unsaturated/α-hetero) is 1. The van der Waals surface area contributed by atoms with Crippen LogP contribution in [-0.4, -0.2) is 46.7 Å². The van der Waals surface area contributed by atoms with Crippen LogP contribution in [0.25, 0.3) is 0 Å². The SMILES string of the molecule is CN(CC(=O)c1cccc([N+](=O)[O-])c1)C1CCSC1. The van der Waals surface area contributed by atoms with Gasteiger partial charge in [0, 0.05) is 29.5 Å². The van der Waals surface area contributed by atoms with Crippen molar-refractivity contribution in [3.8, 4) is 0 Å². The van der Waals surface area contributed by atoms with Gasteiger partial charge in [-0.3, -0.25) is 19.8 Å². The number of nitro groups is 1.